The number of amides is 2. The number of nitrogens with zero attached hydrogens (tertiary/aromatic N) is 1. The standard InChI is InChI=1S/C19H29N3O3/c1-4-10-22-11-6-5-7-16(22)19(24)21-20-18(23)13-25-17-12-14(2)8-9-15(17)3/h8-9,12,16H,4-7,10-11,13H2,1-3H3,(H,20,23)(H,21,24). The molecule has 0 radical (unpaired) electrons. The molecule has 0 spiro atoms. The van der Waals surface area contributed by atoms with Gasteiger partial charge in [-0.1, -0.05) is 25.5 Å². The highest BCUT2D eigenvalue weighted by atomic mass is 16.5. The van der Waals surface area contributed by atoms with E-state index in [-0.39, 0.29) is 24.5 Å². The molecule has 138 valence electrons. The lowest BCUT2D eigenvalue weighted by Crippen LogP contribution is -2.54. The average Bonchev–Trinajstić information content (AvgIpc) is 2.61. The lowest BCUT2D eigenvalue weighted by Gasteiger charge is -2.34. The predicted molar refractivity (Wildman–Crippen MR) is 97.2 cm³/mol. The number of hydrogen-bond acceptors (Lipinski definition) is 4. The van der Waals surface area contributed by atoms with Crippen molar-refractivity contribution in [2.45, 2.75) is 52.5 Å². The van der Waals surface area contributed by atoms with Gasteiger partial charge < -0.3 is 4.74 Å². The Kier molecular flexibility index (Phi) is 7.25. The zero-order valence-electron chi connectivity index (χ0n) is 15.4. The zero-order valence-corrected chi connectivity index (χ0v) is 15.4. The van der Waals surface area contributed by atoms with Gasteiger partial charge in [0.15, 0.2) is 6.61 Å². The van der Waals surface area contributed by atoms with Gasteiger partial charge in [0.1, 0.15) is 5.75 Å². The van der Waals surface area contributed by atoms with Gasteiger partial charge in [-0.05, 0) is 63.4 Å². The Morgan fingerprint density at radius 2 is 2.04 bits per heavy atom. The minimum Gasteiger partial charge on any atom is -0.483 e. The molecule has 0 bridgehead atoms. The van der Waals surface area contributed by atoms with Crippen LogP contribution in [-0.4, -0.2) is 42.5 Å². The van der Waals surface area contributed by atoms with Crippen molar-refractivity contribution in [3.63, 3.8) is 0 Å². The minimum atomic E-state index is -0.368. The molecular weight excluding hydrogens is 318 g/mol. The summed E-state index contributed by atoms with van der Waals surface area (Å²) in [6, 6.07) is 5.69. The summed E-state index contributed by atoms with van der Waals surface area (Å²) in [5.74, 6) is 0.170. The number of piperidine rings is 1. The number of carbonyl (C=O) groups is 2. The number of aryl methyl sites for hydroxylation is 2. The number of hydrazine groups is 1. The second-order valence-electron chi connectivity index (χ2n) is 6.64. The first kappa shape index (κ1) is 19.2. The molecule has 0 aliphatic carbocycles. The Hall–Kier alpha value is -2.08. The van der Waals surface area contributed by atoms with Crippen LogP contribution >= 0.6 is 0 Å². The van der Waals surface area contributed by atoms with E-state index in [0.29, 0.717) is 5.75 Å². The summed E-state index contributed by atoms with van der Waals surface area (Å²) >= 11 is 0. The van der Waals surface area contributed by atoms with Gasteiger partial charge >= 0.3 is 0 Å². The van der Waals surface area contributed by atoms with Gasteiger partial charge in [-0.2, -0.15) is 0 Å². The molecule has 1 aromatic rings. The lowest BCUT2D eigenvalue weighted by molar-refractivity contribution is -0.133. The molecule has 1 saturated heterocycles. The molecule has 1 unspecified atom stereocenters. The highest BCUT2D eigenvalue weighted by Crippen LogP contribution is 2.19. The fraction of sp³-hybridized carbons (Fsp3) is 0.579. The van der Waals surface area contributed by atoms with Crippen molar-refractivity contribution < 1.29 is 14.3 Å². The summed E-state index contributed by atoms with van der Waals surface area (Å²) in [7, 11) is 0. The molecule has 6 nitrogen and oxygen atoms in total. The summed E-state index contributed by atoms with van der Waals surface area (Å²) < 4.78 is 5.54. The predicted octanol–water partition coefficient (Wildman–Crippen LogP) is 2.09. The van der Waals surface area contributed by atoms with Crippen molar-refractivity contribution in [3.05, 3.63) is 29.3 Å². The normalized spacial score (nSPS) is 17.8. The van der Waals surface area contributed by atoms with Gasteiger partial charge in [0.25, 0.3) is 11.8 Å². The number of likely N-dealkylation sites (tertiary alicyclic amines) is 1. The second kappa shape index (κ2) is 9.42. The number of benzene rings is 1. The molecule has 1 aliphatic heterocycles. The van der Waals surface area contributed by atoms with E-state index in [1.165, 1.54) is 0 Å². The summed E-state index contributed by atoms with van der Waals surface area (Å²) in [6.45, 7) is 7.72. The molecule has 1 aromatic carbocycles. The van der Waals surface area contributed by atoms with Crippen molar-refractivity contribution in [2.75, 3.05) is 19.7 Å². The van der Waals surface area contributed by atoms with Crippen molar-refractivity contribution in [1.29, 1.82) is 0 Å². The molecule has 1 fully saturated rings. The first-order valence-corrected chi connectivity index (χ1v) is 9.04. The second-order valence-corrected chi connectivity index (χ2v) is 6.64. The highest BCUT2D eigenvalue weighted by Gasteiger charge is 2.28. The summed E-state index contributed by atoms with van der Waals surface area (Å²) in [4.78, 5) is 26.5. The largest absolute Gasteiger partial charge is 0.483 e. The molecule has 1 heterocycles. The van der Waals surface area contributed by atoms with Crippen molar-refractivity contribution in [3.8, 4) is 5.75 Å². The van der Waals surface area contributed by atoms with E-state index >= 15 is 0 Å². The summed E-state index contributed by atoms with van der Waals surface area (Å²) in [5, 5.41) is 0. The van der Waals surface area contributed by atoms with Crippen LogP contribution in [0, 0.1) is 13.8 Å². The molecule has 1 aliphatic rings. The number of nitrogens with one attached hydrogen (secondary N) is 2. The van der Waals surface area contributed by atoms with E-state index in [1.54, 1.807) is 0 Å². The van der Waals surface area contributed by atoms with Gasteiger partial charge in [-0.25, -0.2) is 0 Å². The Labute approximate surface area is 149 Å². The van der Waals surface area contributed by atoms with Crippen LogP contribution in [0.5, 0.6) is 5.75 Å². The van der Waals surface area contributed by atoms with Crippen LogP contribution in [0.15, 0.2) is 18.2 Å². The molecule has 2 amide bonds. The van der Waals surface area contributed by atoms with E-state index < -0.39 is 0 Å². The summed E-state index contributed by atoms with van der Waals surface area (Å²) in [6.07, 6.45) is 4.02. The fourth-order valence-electron chi connectivity index (χ4n) is 3.10. The molecule has 6 heteroatoms. The zero-order chi connectivity index (χ0) is 18.2. The van der Waals surface area contributed by atoms with E-state index in [4.69, 9.17) is 4.74 Å². The van der Waals surface area contributed by atoms with E-state index in [2.05, 4.69) is 22.7 Å². The number of hydrogen-bond donors (Lipinski definition) is 2. The van der Waals surface area contributed by atoms with E-state index in [1.807, 2.05) is 32.0 Å². The third-order valence-corrected chi connectivity index (χ3v) is 4.45. The fourth-order valence-corrected chi connectivity index (χ4v) is 3.10. The van der Waals surface area contributed by atoms with Gasteiger partial charge in [0.05, 0.1) is 6.04 Å². The lowest BCUT2D eigenvalue weighted by atomic mass is 10.0. The van der Waals surface area contributed by atoms with Crippen molar-refractivity contribution in [2.24, 2.45) is 0 Å². The van der Waals surface area contributed by atoms with Crippen LogP contribution in [0.3, 0.4) is 0 Å². The van der Waals surface area contributed by atoms with Crippen LogP contribution < -0.4 is 15.6 Å². The van der Waals surface area contributed by atoms with Crippen LogP contribution in [0.25, 0.3) is 0 Å². The summed E-state index contributed by atoms with van der Waals surface area (Å²) in [5.41, 5.74) is 7.04. The van der Waals surface area contributed by atoms with Crippen LogP contribution in [0.4, 0.5) is 0 Å². The quantitative estimate of drug-likeness (QED) is 0.773. The Morgan fingerprint density at radius 1 is 1.24 bits per heavy atom. The number of carbonyl (C=O) groups excluding carboxylic acids is 2. The Morgan fingerprint density at radius 3 is 2.80 bits per heavy atom. The maximum absolute atomic E-state index is 12.4. The maximum atomic E-state index is 12.4. The third kappa shape index (κ3) is 5.74. The molecule has 2 rings (SSSR count). The Bertz CT molecular complexity index is 602. The first-order chi connectivity index (χ1) is 12.0. The number of rotatable bonds is 6. The molecule has 1 atom stereocenters. The average molecular weight is 347 g/mol. The Balaban J connectivity index is 1.78. The highest BCUT2D eigenvalue weighted by molar-refractivity contribution is 5.85. The number of ether oxygens (including phenoxy) is 1. The molecule has 0 saturated carbocycles. The molecule has 2 N–H and O–H groups in total. The van der Waals surface area contributed by atoms with Gasteiger partial charge in [0, 0.05) is 0 Å². The van der Waals surface area contributed by atoms with Crippen molar-refractivity contribution in [1.82, 2.24) is 15.8 Å². The molecule has 25 heavy (non-hydrogen) atoms. The maximum Gasteiger partial charge on any atom is 0.276 e. The monoisotopic (exact) mass is 347 g/mol. The first-order valence-electron chi connectivity index (χ1n) is 9.04. The van der Waals surface area contributed by atoms with Crippen LogP contribution in [0.1, 0.15) is 43.7 Å². The van der Waals surface area contributed by atoms with Crippen LogP contribution in [-0.2, 0) is 9.59 Å². The topological polar surface area (TPSA) is 70.7 Å². The van der Waals surface area contributed by atoms with E-state index in [0.717, 1.165) is 49.9 Å². The molecule has 0 aromatic heterocycles. The van der Waals surface area contributed by atoms with Gasteiger partial charge in [0.2, 0.25) is 0 Å². The SMILES string of the molecule is CCCN1CCCCC1C(=O)NNC(=O)COc1cc(C)ccc1C. The minimum absolute atomic E-state index is 0.131. The van der Waals surface area contributed by atoms with Crippen molar-refractivity contribution >= 4 is 11.8 Å². The van der Waals surface area contributed by atoms with Crippen LogP contribution in [0.2, 0.25) is 0 Å². The van der Waals surface area contributed by atoms with Gasteiger partial charge in [-0.3, -0.25) is 25.3 Å². The smallest absolute Gasteiger partial charge is 0.276 e. The third-order valence-electron chi connectivity index (χ3n) is 4.45. The molecular formula is C19H29N3O3. The van der Waals surface area contributed by atoms with Gasteiger partial charge in [-0.15, -0.1) is 0 Å². The van der Waals surface area contributed by atoms with E-state index in [9.17, 15) is 9.59 Å².